The number of anilines is 1. The van der Waals surface area contributed by atoms with Gasteiger partial charge in [0.25, 0.3) is 11.6 Å². The SMILES string of the molecule is CCc1ccc2nc(N3CCN(C(=O)c4ccc(Cl)c([N+](=O)[O-])c4)CC3)sc2c1. The monoisotopic (exact) mass is 430 g/mol. The number of nitro benzene ring substituents is 1. The molecule has 0 radical (unpaired) electrons. The number of rotatable bonds is 4. The Labute approximate surface area is 176 Å². The summed E-state index contributed by atoms with van der Waals surface area (Å²) in [7, 11) is 0. The Kier molecular flexibility index (Phi) is 5.38. The standard InChI is InChI=1S/C20H19ClN4O3S/c1-2-13-3-6-16-18(11-13)29-20(22-16)24-9-7-23(8-10-24)19(26)14-4-5-15(21)17(12-14)25(27)28/h3-6,11-12H,2,7-10H2,1H3. The highest BCUT2D eigenvalue weighted by molar-refractivity contribution is 7.22. The first-order valence-electron chi connectivity index (χ1n) is 9.34. The van der Waals surface area contributed by atoms with Gasteiger partial charge in [0.1, 0.15) is 5.02 Å². The average molecular weight is 431 g/mol. The number of nitrogens with zero attached hydrogens (tertiary/aromatic N) is 4. The van der Waals surface area contributed by atoms with E-state index in [2.05, 4.69) is 30.0 Å². The molecule has 0 spiro atoms. The first-order chi connectivity index (χ1) is 14.0. The van der Waals surface area contributed by atoms with Crippen LogP contribution in [-0.4, -0.2) is 46.9 Å². The molecular formula is C20H19ClN4O3S. The number of carbonyl (C=O) groups is 1. The van der Waals surface area contributed by atoms with Crippen LogP contribution >= 0.6 is 22.9 Å². The van der Waals surface area contributed by atoms with Crippen molar-refractivity contribution in [2.24, 2.45) is 0 Å². The summed E-state index contributed by atoms with van der Waals surface area (Å²) in [5.74, 6) is -0.221. The van der Waals surface area contributed by atoms with Gasteiger partial charge < -0.3 is 9.80 Å². The molecule has 1 aliphatic rings. The minimum absolute atomic E-state index is 0.0263. The lowest BCUT2D eigenvalue weighted by atomic mass is 10.1. The fraction of sp³-hybridized carbons (Fsp3) is 0.300. The molecule has 0 saturated carbocycles. The third kappa shape index (κ3) is 3.90. The van der Waals surface area contributed by atoms with Gasteiger partial charge in [-0.25, -0.2) is 4.98 Å². The lowest BCUT2D eigenvalue weighted by Crippen LogP contribution is -2.48. The second-order valence-electron chi connectivity index (χ2n) is 6.85. The Balaban J connectivity index is 1.46. The van der Waals surface area contributed by atoms with E-state index in [9.17, 15) is 14.9 Å². The molecule has 1 aliphatic heterocycles. The fourth-order valence-electron chi connectivity index (χ4n) is 3.38. The van der Waals surface area contributed by atoms with Crippen molar-refractivity contribution in [1.29, 1.82) is 0 Å². The van der Waals surface area contributed by atoms with Crippen LogP contribution in [-0.2, 0) is 6.42 Å². The summed E-state index contributed by atoms with van der Waals surface area (Å²) in [6, 6.07) is 10.5. The van der Waals surface area contributed by atoms with Crippen molar-refractivity contribution in [2.45, 2.75) is 13.3 Å². The van der Waals surface area contributed by atoms with Crippen LogP contribution in [0.1, 0.15) is 22.8 Å². The molecule has 2 heterocycles. The Morgan fingerprint density at radius 3 is 2.66 bits per heavy atom. The Morgan fingerprint density at radius 1 is 1.21 bits per heavy atom. The van der Waals surface area contributed by atoms with Crippen LogP contribution < -0.4 is 4.90 Å². The lowest BCUT2D eigenvalue weighted by Gasteiger charge is -2.34. The number of piperazine rings is 1. The summed E-state index contributed by atoms with van der Waals surface area (Å²) in [4.78, 5) is 31.9. The molecule has 150 valence electrons. The summed E-state index contributed by atoms with van der Waals surface area (Å²) in [5, 5.41) is 12.1. The molecule has 0 bridgehead atoms. The van der Waals surface area contributed by atoms with E-state index in [4.69, 9.17) is 16.6 Å². The largest absolute Gasteiger partial charge is 0.345 e. The summed E-state index contributed by atoms with van der Waals surface area (Å²) in [5.41, 5.74) is 2.31. The first kappa shape index (κ1) is 19.6. The predicted molar refractivity (Wildman–Crippen MR) is 115 cm³/mol. The molecule has 2 aromatic carbocycles. The van der Waals surface area contributed by atoms with Gasteiger partial charge in [0, 0.05) is 37.8 Å². The lowest BCUT2D eigenvalue weighted by molar-refractivity contribution is -0.384. The zero-order valence-corrected chi connectivity index (χ0v) is 17.4. The first-order valence-corrected chi connectivity index (χ1v) is 10.5. The molecule has 7 nitrogen and oxygen atoms in total. The second kappa shape index (κ2) is 7.96. The van der Waals surface area contributed by atoms with Crippen molar-refractivity contribution in [2.75, 3.05) is 31.1 Å². The number of halogens is 1. The topological polar surface area (TPSA) is 79.6 Å². The second-order valence-corrected chi connectivity index (χ2v) is 8.27. The van der Waals surface area contributed by atoms with Crippen LogP contribution in [0.3, 0.4) is 0 Å². The molecule has 1 aromatic heterocycles. The van der Waals surface area contributed by atoms with Gasteiger partial charge in [-0.1, -0.05) is 35.9 Å². The van der Waals surface area contributed by atoms with Crippen LogP contribution in [0.25, 0.3) is 10.2 Å². The Hall–Kier alpha value is -2.71. The van der Waals surface area contributed by atoms with Crippen LogP contribution in [0.4, 0.5) is 10.8 Å². The van der Waals surface area contributed by atoms with Gasteiger partial charge in [0.2, 0.25) is 0 Å². The minimum Gasteiger partial charge on any atom is -0.345 e. The Morgan fingerprint density at radius 2 is 1.97 bits per heavy atom. The van der Waals surface area contributed by atoms with Gasteiger partial charge in [-0.2, -0.15) is 0 Å². The van der Waals surface area contributed by atoms with Crippen LogP contribution in [0.2, 0.25) is 5.02 Å². The van der Waals surface area contributed by atoms with E-state index in [0.717, 1.165) is 17.1 Å². The van der Waals surface area contributed by atoms with Gasteiger partial charge in [-0.3, -0.25) is 14.9 Å². The quantitative estimate of drug-likeness (QED) is 0.453. The van der Waals surface area contributed by atoms with Crippen molar-refractivity contribution < 1.29 is 9.72 Å². The molecule has 1 fully saturated rings. The molecule has 1 saturated heterocycles. The third-order valence-corrected chi connectivity index (χ3v) is 6.48. The van der Waals surface area contributed by atoms with Crippen molar-refractivity contribution >= 4 is 49.9 Å². The molecule has 0 N–H and O–H groups in total. The molecule has 0 atom stereocenters. The van der Waals surface area contributed by atoms with E-state index in [1.807, 2.05) is 0 Å². The molecule has 4 rings (SSSR count). The van der Waals surface area contributed by atoms with E-state index in [0.29, 0.717) is 26.2 Å². The maximum Gasteiger partial charge on any atom is 0.288 e. The maximum atomic E-state index is 12.8. The molecule has 1 amide bonds. The molecule has 0 unspecified atom stereocenters. The summed E-state index contributed by atoms with van der Waals surface area (Å²) >= 11 is 7.51. The highest BCUT2D eigenvalue weighted by atomic mass is 35.5. The molecular weight excluding hydrogens is 412 g/mol. The van der Waals surface area contributed by atoms with E-state index >= 15 is 0 Å². The van der Waals surface area contributed by atoms with Crippen molar-refractivity contribution in [3.05, 3.63) is 62.7 Å². The van der Waals surface area contributed by atoms with E-state index in [1.54, 1.807) is 16.2 Å². The normalized spacial score (nSPS) is 14.4. The summed E-state index contributed by atoms with van der Waals surface area (Å²) in [6.07, 6.45) is 0.993. The number of carbonyl (C=O) groups excluding carboxylic acids is 1. The van der Waals surface area contributed by atoms with E-state index < -0.39 is 4.92 Å². The van der Waals surface area contributed by atoms with E-state index in [1.165, 1.54) is 28.5 Å². The maximum absolute atomic E-state index is 12.8. The zero-order valence-electron chi connectivity index (χ0n) is 15.8. The minimum atomic E-state index is -0.575. The smallest absolute Gasteiger partial charge is 0.288 e. The molecule has 0 aliphatic carbocycles. The number of hydrogen-bond acceptors (Lipinski definition) is 6. The fourth-order valence-corrected chi connectivity index (χ4v) is 4.65. The van der Waals surface area contributed by atoms with Crippen LogP contribution in [0.15, 0.2) is 36.4 Å². The van der Waals surface area contributed by atoms with E-state index in [-0.39, 0.29) is 22.2 Å². The number of aryl methyl sites for hydroxylation is 1. The molecule has 29 heavy (non-hydrogen) atoms. The summed E-state index contributed by atoms with van der Waals surface area (Å²) < 4.78 is 1.17. The number of fused-ring (bicyclic) bond motifs is 1. The third-order valence-electron chi connectivity index (χ3n) is 5.08. The Bertz CT molecular complexity index is 1090. The van der Waals surface area contributed by atoms with Crippen LogP contribution in [0, 0.1) is 10.1 Å². The zero-order chi connectivity index (χ0) is 20.5. The highest BCUT2D eigenvalue weighted by Gasteiger charge is 2.25. The van der Waals surface area contributed by atoms with Crippen LogP contribution in [0.5, 0.6) is 0 Å². The van der Waals surface area contributed by atoms with Gasteiger partial charge in [-0.05, 0) is 36.2 Å². The number of aromatic nitrogens is 1. The number of benzene rings is 2. The van der Waals surface area contributed by atoms with Crippen molar-refractivity contribution in [3.8, 4) is 0 Å². The van der Waals surface area contributed by atoms with Crippen molar-refractivity contribution in [3.63, 3.8) is 0 Å². The van der Waals surface area contributed by atoms with Gasteiger partial charge in [0.15, 0.2) is 5.13 Å². The highest BCUT2D eigenvalue weighted by Crippen LogP contribution is 2.31. The van der Waals surface area contributed by atoms with Gasteiger partial charge >= 0.3 is 0 Å². The number of amides is 1. The summed E-state index contributed by atoms with van der Waals surface area (Å²) in [6.45, 7) is 4.54. The predicted octanol–water partition coefficient (Wildman–Crippen LogP) is 4.38. The van der Waals surface area contributed by atoms with Crippen molar-refractivity contribution in [1.82, 2.24) is 9.88 Å². The molecule has 3 aromatic rings. The number of hydrogen-bond donors (Lipinski definition) is 0. The average Bonchev–Trinajstić information content (AvgIpc) is 3.16. The number of nitro groups is 1. The molecule has 9 heteroatoms. The van der Waals surface area contributed by atoms with Gasteiger partial charge in [-0.15, -0.1) is 0 Å². The number of thiazole rings is 1. The van der Waals surface area contributed by atoms with Gasteiger partial charge in [0.05, 0.1) is 15.1 Å².